The first-order valence-electron chi connectivity index (χ1n) is 11.4. The zero-order valence-electron chi connectivity index (χ0n) is 18.6. The fourth-order valence-corrected chi connectivity index (χ4v) is 5.11. The van der Waals surface area contributed by atoms with Gasteiger partial charge in [0.05, 0.1) is 24.9 Å². The Hall–Kier alpha value is -2.35. The van der Waals surface area contributed by atoms with Crippen LogP contribution in [0.25, 0.3) is 6.08 Å². The molecule has 190 valence electrons. The lowest BCUT2D eigenvalue weighted by molar-refractivity contribution is -0.344. The van der Waals surface area contributed by atoms with Gasteiger partial charge in [0.2, 0.25) is 6.29 Å². The van der Waals surface area contributed by atoms with E-state index >= 15 is 0 Å². The molecule has 0 amide bonds. The number of aliphatic hydroxyl groups is 5. The number of fused-ring (bicyclic) bond motifs is 3. The summed E-state index contributed by atoms with van der Waals surface area (Å²) >= 11 is 0. The third-order valence-electron chi connectivity index (χ3n) is 7.03. The Bertz CT molecular complexity index is 965. The highest BCUT2D eigenvalue weighted by molar-refractivity contribution is 5.87. The lowest BCUT2D eigenvalue weighted by Gasteiger charge is -2.43. The van der Waals surface area contributed by atoms with Gasteiger partial charge in [-0.25, -0.2) is 4.79 Å². The lowest BCUT2D eigenvalue weighted by Crippen LogP contribution is -2.60. The number of esters is 1. The number of hydrogen-bond donors (Lipinski definition) is 5. The van der Waals surface area contributed by atoms with Gasteiger partial charge < -0.3 is 49.2 Å². The van der Waals surface area contributed by atoms with Crippen molar-refractivity contribution in [3.63, 3.8) is 0 Å². The first kappa shape index (κ1) is 24.3. The van der Waals surface area contributed by atoms with E-state index in [2.05, 4.69) is 0 Å². The van der Waals surface area contributed by atoms with Gasteiger partial charge in [-0.1, -0.05) is 30.3 Å². The molecule has 0 spiro atoms. The van der Waals surface area contributed by atoms with Crippen molar-refractivity contribution in [2.75, 3.05) is 13.2 Å². The number of carbonyl (C=O) groups excluding carboxylic acids is 1. The third kappa shape index (κ3) is 4.39. The van der Waals surface area contributed by atoms with Crippen molar-refractivity contribution in [1.29, 1.82) is 0 Å². The second kappa shape index (κ2) is 9.60. The van der Waals surface area contributed by atoms with Gasteiger partial charge in [0, 0.05) is 12.0 Å². The summed E-state index contributed by atoms with van der Waals surface area (Å²) in [5.41, 5.74) is -0.248. The molecule has 3 fully saturated rings. The standard InChI is InChI=1S/C24H28O11/c25-10-14-18(28)19(29)20(30)23(33-14)34-22-16-13(8-9-31-22)17(27)21-24(16,35-21)11-32-15(26)7-6-12-4-2-1-3-5-12/h1-9,13-14,16-23,25,27-30H,10-11H2/t13-,14-,16+,17+,18-,19+,20-,21+,22+,23-,24-/m1/s1. The van der Waals surface area contributed by atoms with Crippen molar-refractivity contribution in [2.45, 2.75) is 54.8 Å². The molecule has 1 aromatic rings. The van der Waals surface area contributed by atoms with Crippen LogP contribution in [-0.2, 0) is 28.5 Å². The van der Waals surface area contributed by atoms with Crippen LogP contribution in [0.1, 0.15) is 5.56 Å². The Kier molecular flexibility index (Phi) is 6.68. The van der Waals surface area contributed by atoms with E-state index in [9.17, 15) is 30.3 Å². The van der Waals surface area contributed by atoms with Crippen molar-refractivity contribution >= 4 is 12.0 Å². The fraction of sp³-hybridized carbons (Fsp3) is 0.542. The number of hydrogen-bond acceptors (Lipinski definition) is 11. The molecular formula is C24H28O11. The normalized spacial score (nSPS) is 43.9. The Labute approximate surface area is 200 Å². The molecule has 5 N–H and O–H groups in total. The second-order valence-electron chi connectivity index (χ2n) is 9.11. The first-order chi connectivity index (χ1) is 16.9. The number of benzene rings is 1. The number of ether oxygens (including phenoxy) is 5. The van der Waals surface area contributed by atoms with E-state index in [0.717, 1.165) is 5.56 Å². The molecule has 11 atom stereocenters. The molecule has 1 aromatic carbocycles. The van der Waals surface area contributed by atoms with Gasteiger partial charge >= 0.3 is 5.97 Å². The molecule has 5 rings (SSSR count). The zero-order valence-corrected chi connectivity index (χ0v) is 18.6. The number of aliphatic hydroxyl groups excluding tert-OH is 5. The van der Waals surface area contributed by atoms with Crippen LogP contribution in [0.15, 0.2) is 48.7 Å². The van der Waals surface area contributed by atoms with Crippen LogP contribution in [0.4, 0.5) is 0 Å². The topological polar surface area (TPSA) is 168 Å². The molecule has 4 aliphatic rings. The Morgan fingerprint density at radius 2 is 1.80 bits per heavy atom. The third-order valence-corrected chi connectivity index (χ3v) is 7.03. The second-order valence-corrected chi connectivity index (χ2v) is 9.11. The molecule has 35 heavy (non-hydrogen) atoms. The van der Waals surface area contributed by atoms with Crippen molar-refractivity contribution in [1.82, 2.24) is 0 Å². The van der Waals surface area contributed by atoms with E-state index in [0.29, 0.717) is 0 Å². The van der Waals surface area contributed by atoms with Gasteiger partial charge in [0.1, 0.15) is 42.7 Å². The highest BCUT2D eigenvalue weighted by atomic mass is 16.8. The summed E-state index contributed by atoms with van der Waals surface area (Å²) in [7, 11) is 0. The van der Waals surface area contributed by atoms with E-state index in [1.165, 1.54) is 12.3 Å². The highest BCUT2D eigenvalue weighted by Gasteiger charge is 2.76. The minimum absolute atomic E-state index is 0.167. The molecule has 0 aromatic heterocycles. The Balaban J connectivity index is 1.28. The zero-order chi connectivity index (χ0) is 24.7. The molecule has 11 nitrogen and oxygen atoms in total. The summed E-state index contributed by atoms with van der Waals surface area (Å²) in [6.07, 6.45) is -4.06. The highest BCUT2D eigenvalue weighted by Crippen LogP contribution is 2.60. The number of epoxide rings is 1. The predicted molar refractivity (Wildman–Crippen MR) is 116 cm³/mol. The monoisotopic (exact) mass is 492 g/mol. The van der Waals surface area contributed by atoms with E-state index in [4.69, 9.17) is 23.7 Å². The van der Waals surface area contributed by atoms with Gasteiger partial charge in [0.15, 0.2) is 6.29 Å². The molecule has 0 radical (unpaired) electrons. The van der Waals surface area contributed by atoms with Crippen LogP contribution in [0.5, 0.6) is 0 Å². The van der Waals surface area contributed by atoms with Crippen LogP contribution >= 0.6 is 0 Å². The lowest BCUT2D eigenvalue weighted by atomic mass is 9.85. The summed E-state index contributed by atoms with van der Waals surface area (Å²) in [4.78, 5) is 12.3. The fourth-order valence-electron chi connectivity index (χ4n) is 5.11. The van der Waals surface area contributed by atoms with E-state index in [1.807, 2.05) is 30.3 Å². The minimum Gasteiger partial charge on any atom is -0.472 e. The maximum absolute atomic E-state index is 12.3. The summed E-state index contributed by atoms with van der Waals surface area (Å²) in [6.45, 7) is -0.776. The van der Waals surface area contributed by atoms with Crippen LogP contribution in [-0.4, -0.2) is 99.5 Å². The van der Waals surface area contributed by atoms with Crippen molar-refractivity contribution in [2.24, 2.45) is 11.8 Å². The van der Waals surface area contributed by atoms with Gasteiger partial charge in [-0.05, 0) is 17.7 Å². The van der Waals surface area contributed by atoms with E-state index < -0.39 is 79.2 Å². The van der Waals surface area contributed by atoms with Crippen LogP contribution < -0.4 is 0 Å². The van der Waals surface area contributed by atoms with Crippen molar-refractivity contribution in [3.05, 3.63) is 54.3 Å². The van der Waals surface area contributed by atoms with Gasteiger partial charge in [0.25, 0.3) is 0 Å². The largest absolute Gasteiger partial charge is 0.472 e. The maximum Gasteiger partial charge on any atom is 0.330 e. The van der Waals surface area contributed by atoms with Crippen molar-refractivity contribution < 1.29 is 54.0 Å². The average molecular weight is 492 g/mol. The van der Waals surface area contributed by atoms with Gasteiger partial charge in [-0.15, -0.1) is 0 Å². The van der Waals surface area contributed by atoms with Crippen LogP contribution in [0.3, 0.4) is 0 Å². The van der Waals surface area contributed by atoms with Crippen LogP contribution in [0, 0.1) is 11.8 Å². The number of rotatable bonds is 7. The Morgan fingerprint density at radius 3 is 2.54 bits per heavy atom. The number of carbonyl (C=O) groups is 1. The summed E-state index contributed by atoms with van der Waals surface area (Å²) in [5.74, 6) is -1.67. The first-order valence-corrected chi connectivity index (χ1v) is 11.4. The van der Waals surface area contributed by atoms with Gasteiger partial charge in [-0.3, -0.25) is 0 Å². The molecule has 3 heterocycles. The molecule has 11 heteroatoms. The molecule has 0 bridgehead atoms. The summed E-state index contributed by atoms with van der Waals surface area (Å²) < 4.78 is 28.1. The SMILES string of the molecule is O=C(C=Cc1ccccc1)OC[C@]12O[C@H]1[C@@H](O)[C@@H]1C=CO[C@@H](O[C@H]3O[C@H](CO)[C@@H](O)[C@H](O)[C@H]3O)[C@H]12. The Morgan fingerprint density at radius 1 is 1.03 bits per heavy atom. The summed E-state index contributed by atoms with van der Waals surface area (Å²) in [5, 5.41) is 50.5. The molecule has 3 aliphatic heterocycles. The van der Waals surface area contributed by atoms with E-state index in [1.54, 1.807) is 12.2 Å². The molecule has 0 unspecified atom stereocenters. The van der Waals surface area contributed by atoms with Crippen molar-refractivity contribution in [3.8, 4) is 0 Å². The average Bonchev–Trinajstić information content (AvgIpc) is 3.56. The van der Waals surface area contributed by atoms with Crippen LogP contribution in [0.2, 0.25) is 0 Å². The maximum atomic E-state index is 12.3. The molecule has 1 saturated carbocycles. The quantitative estimate of drug-likeness (QED) is 0.174. The summed E-state index contributed by atoms with van der Waals surface area (Å²) in [6, 6.07) is 9.24. The molecule has 1 aliphatic carbocycles. The predicted octanol–water partition coefficient (Wildman–Crippen LogP) is -1.33. The van der Waals surface area contributed by atoms with E-state index in [-0.39, 0.29) is 6.61 Å². The smallest absolute Gasteiger partial charge is 0.330 e. The molecular weight excluding hydrogens is 464 g/mol. The van der Waals surface area contributed by atoms with Gasteiger partial charge in [-0.2, -0.15) is 0 Å². The molecule has 2 saturated heterocycles. The minimum atomic E-state index is -1.63.